The van der Waals surface area contributed by atoms with Crippen molar-refractivity contribution in [1.29, 1.82) is 0 Å². The predicted octanol–water partition coefficient (Wildman–Crippen LogP) is 2.32. The molecule has 0 aliphatic rings. The predicted molar refractivity (Wildman–Crippen MR) is 73.8 cm³/mol. The molecule has 4 heteroatoms. The Labute approximate surface area is 109 Å². The van der Waals surface area contributed by atoms with Crippen LogP contribution in [0.1, 0.15) is 25.8 Å². The molecule has 0 radical (unpaired) electrons. The second-order valence-corrected chi connectivity index (χ2v) is 4.88. The molecule has 0 fully saturated rings. The van der Waals surface area contributed by atoms with Gasteiger partial charge in [0.15, 0.2) is 0 Å². The molecule has 1 amide bonds. The van der Waals surface area contributed by atoms with Gasteiger partial charge in [0, 0.05) is 0 Å². The molecule has 1 aromatic rings. The molecular weight excluding hydrogens is 228 g/mol. The molecule has 1 rings (SSSR count). The van der Waals surface area contributed by atoms with Gasteiger partial charge >= 0.3 is 0 Å². The van der Waals surface area contributed by atoms with Crippen LogP contribution in [0.25, 0.3) is 0 Å². The number of amides is 1. The smallest absolute Gasteiger partial charge is 0.239 e. The number of anilines is 1. The van der Waals surface area contributed by atoms with Crippen LogP contribution in [0, 0.1) is 12.8 Å². The average molecular weight is 250 g/mol. The third-order valence-corrected chi connectivity index (χ3v) is 2.82. The molecule has 0 unspecified atom stereocenters. The van der Waals surface area contributed by atoms with E-state index < -0.39 is 0 Å². The first kappa shape index (κ1) is 14.4. The molecule has 0 bridgehead atoms. The molecule has 3 N–H and O–H groups in total. The highest BCUT2D eigenvalue weighted by Crippen LogP contribution is 2.29. The number of ether oxygens (including phenoxy) is 1. The number of rotatable bonds is 6. The van der Waals surface area contributed by atoms with Crippen molar-refractivity contribution in [3.05, 3.63) is 23.8 Å². The number of methoxy groups -OCH3 is 1. The number of nitrogens with one attached hydrogen (secondary N) is 1. The van der Waals surface area contributed by atoms with Crippen LogP contribution < -0.4 is 15.8 Å². The lowest BCUT2D eigenvalue weighted by atomic mass is 10.0. The van der Waals surface area contributed by atoms with E-state index in [-0.39, 0.29) is 11.9 Å². The zero-order valence-electron chi connectivity index (χ0n) is 11.5. The second-order valence-electron chi connectivity index (χ2n) is 4.88. The maximum atomic E-state index is 11.5. The molecule has 0 saturated carbocycles. The number of primary amides is 1. The summed E-state index contributed by atoms with van der Waals surface area (Å²) < 4.78 is 5.30. The fourth-order valence-electron chi connectivity index (χ4n) is 1.89. The molecule has 0 aliphatic heterocycles. The number of para-hydroxylation sites is 1. The zero-order valence-corrected chi connectivity index (χ0v) is 11.5. The molecule has 0 saturated heterocycles. The van der Waals surface area contributed by atoms with Crippen LogP contribution in [0.2, 0.25) is 0 Å². The first-order valence-corrected chi connectivity index (χ1v) is 6.15. The number of nitrogens with two attached hydrogens (primary N) is 1. The van der Waals surface area contributed by atoms with Crippen LogP contribution in [-0.2, 0) is 4.79 Å². The van der Waals surface area contributed by atoms with Crippen molar-refractivity contribution in [2.45, 2.75) is 33.2 Å². The van der Waals surface area contributed by atoms with E-state index in [4.69, 9.17) is 10.5 Å². The van der Waals surface area contributed by atoms with Crippen molar-refractivity contribution < 1.29 is 9.53 Å². The molecule has 0 spiro atoms. The third-order valence-electron chi connectivity index (χ3n) is 2.82. The summed E-state index contributed by atoms with van der Waals surface area (Å²) in [7, 11) is 1.61. The first-order chi connectivity index (χ1) is 8.45. The van der Waals surface area contributed by atoms with E-state index in [1.165, 1.54) is 0 Å². The lowest BCUT2D eigenvalue weighted by Crippen LogP contribution is -2.36. The molecule has 100 valence electrons. The van der Waals surface area contributed by atoms with E-state index in [0.29, 0.717) is 12.3 Å². The van der Waals surface area contributed by atoms with E-state index in [2.05, 4.69) is 19.2 Å². The molecule has 0 aromatic heterocycles. The molecule has 4 nitrogen and oxygen atoms in total. The maximum absolute atomic E-state index is 11.5. The van der Waals surface area contributed by atoms with Gasteiger partial charge in [0.2, 0.25) is 5.91 Å². The van der Waals surface area contributed by atoms with Crippen molar-refractivity contribution in [2.75, 3.05) is 12.4 Å². The highest BCUT2D eigenvalue weighted by molar-refractivity contribution is 5.84. The average Bonchev–Trinajstić information content (AvgIpc) is 2.29. The van der Waals surface area contributed by atoms with Crippen LogP contribution in [-0.4, -0.2) is 19.1 Å². The Hall–Kier alpha value is -1.71. The molecule has 0 aliphatic carbocycles. The van der Waals surface area contributed by atoms with E-state index in [1.54, 1.807) is 7.11 Å². The van der Waals surface area contributed by atoms with Crippen molar-refractivity contribution in [3.8, 4) is 5.75 Å². The van der Waals surface area contributed by atoms with Crippen LogP contribution in [0.5, 0.6) is 5.75 Å². The van der Waals surface area contributed by atoms with Crippen LogP contribution in [0.15, 0.2) is 18.2 Å². The second kappa shape index (κ2) is 6.28. The summed E-state index contributed by atoms with van der Waals surface area (Å²) in [6.07, 6.45) is 0.701. The minimum Gasteiger partial charge on any atom is -0.495 e. The van der Waals surface area contributed by atoms with Gasteiger partial charge < -0.3 is 15.8 Å². The number of carbonyl (C=O) groups excluding carboxylic acids is 1. The number of benzene rings is 1. The van der Waals surface area contributed by atoms with Crippen molar-refractivity contribution in [2.24, 2.45) is 11.7 Å². The van der Waals surface area contributed by atoms with Crippen LogP contribution >= 0.6 is 0 Å². The van der Waals surface area contributed by atoms with E-state index >= 15 is 0 Å². The highest BCUT2D eigenvalue weighted by Gasteiger charge is 2.19. The Morgan fingerprint density at radius 1 is 1.44 bits per heavy atom. The topological polar surface area (TPSA) is 64.3 Å². The SMILES string of the molecule is COc1cccc(C)c1N[C@H](CC(C)C)C(N)=O. The fraction of sp³-hybridized carbons (Fsp3) is 0.500. The van der Waals surface area contributed by atoms with Gasteiger partial charge in [-0.25, -0.2) is 0 Å². The Morgan fingerprint density at radius 2 is 2.11 bits per heavy atom. The van der Waals surface area contributed by atoms with Gasteiger partial charge in [-0.05, 0) is 30.9 Å². The zero-order chi connectivity index (χ0) is 13.7. The minimum absolute atomic E-state index is 0.339. The monoisotopic (exact) mass is 250 g/mol. The van der Waals surface area contributed by atoms with Gasteiger partial charge in [-0.1, -0.05) is 26.0 Å². The fourth-order valence-corrected chi connectivity index (χ4v) is 1.89. The molecule has 1 atom stereocenters. The summed E-state index contributed by atoms with van der Waals surface area (Å²) in [5.41, 5.74) is 7.30. The van der Waals surface area contributed by atoms with E-state index in [9.17, 15) is 4.79 Å². The van der Waals surface area contributed by atoms with Gasteiger partial charge in [-0.2, -0.15) is 0 Å². The summed E-state index contributed by atoms with van der Waals surface area (Å²) in [4.78, 5) is 11.5. The van der Waals surface area contributed by atoms with Crippen molar-refractivity contribution >= 4 is 11.6 Å². The van der Waals surface area contributed by atoms with Gasteiger partial charge in [0.25, 0.3) is 0 Å². The minimum atomic E-state index is -0.375. The van der Waals surface area contributed by atoms with Gasteiger partial charge in [-0.3, -0.25) is 4.79 Å². The van der Waals surface area contributed by atoms with E-state index in [1.807, 2.05) is 25.1 Å². The summed E-state index contributed by atoms with van der Waals surface area (Å²) in [5, 5.41) is 3.20. The summed E-state index contributed by atoms with van der Waals surface area (Å²) in [5.74, 6) is 0.782. The molecule has 0 heterocycles. The largest absolute Gasteiger partial charge is 0.495 e. The first-order valence-electron chi connectivity index (χ1n) is 6.15. The molecule has 1 aromatic carbocycles. The van der Waals surface area contributed by atoms with Gasteiger partial charge in [0.1, 0.15) is 11.8 Å². The van der Waals surface area contributed by atoms with Crippen molar-refractivity contribution in [1.82, 2.24) is 0 Å². The van der Waals surface area contributed by atoms with Gasteiger partial charge in [-0.15, -0.1) is 0 Å². The lowest BCUT2D eigenvalue weighted by molar-refractivity contribution is -0.119. The Bertz CT molecular complexity index is 416. The Kier molecular flexibility index (Phi) is 5.01. The normalized spacial score (nSPS) is 12.3. The quantitative estimate of drug-likeness (QED) is 0.814. The Morgan fingerprint density at radius 3 is 2.61 bits per heavy atom. The van der Waals surface area contributed by atoms with Crippen LogP contribution in [0.4, 0.5) is 5.69 Å². The van der Waals surface area contributed by atoms with E-state index in [0.717, 1.165) is 17.0 Å². The standard InChI is InChI=1S/C14H22N2O2/c1-9(2)8-11(14(15)17)16-13-10(3)6-5-7-12(13)18-4/h5-7,9,11,16H,8H2,1-4H3,(H2,15,17)/t11-/m1/s1. The number of hydrogen-bond acceptors (Lipinski definition) is 3. The van der Waals surface area contributed by atoms with Crippen LogP contribution in [0.3, 0.4) is 0 Å². The third kappa shape index (κ3) is 3.65. The maximum Gasteiger partial charge on any atom is 0.239 e. The lowest BCUT2D eigenvalue weighted by Gasteiger charge is -2.21. The molecular formula is C14H22N2O2. The van der Waals surface area contributed by atoms with Gasteiger partial charge in [0.05, 0.1) is 12.8 Å². The van der Waals surface area contributed by atoms with Crippen molar-refractivity contribution in [3.63, 3.8) is 0 Å². The Balaban J connectivity index is 2.96. The highest BCUT2D eigenvalue weighted by atomic mass is 16.5. The number of aryl methyl sites for hydroxylation is 1. The number of carbonyl (C=O) groups is 1. The summed E-state index contributed by atoms with van der Waals surface area (Å²) in [6, 6.07) is 5.38. The molecule has 18 heavy (non-hydrogen) atoms. The summed E-state index contributed by atoms with van der Waals surface area (Å²) in [6.45, 7) is 6.09. The summed E-state index contributed by atoms with van der Waals surface area (Å²) >= 11 is 0. The number of hydrogen-bond donors (Lipinski definition) is 2.